The normalized spacial score (nSPS) is 13.3. The Bertz CT molecular complexity index is 627. The van der Waals surface area contributed by atoms with Crippen molar-refractivity contribution >= 4 is 40.5 Å². The number of aliphatic carboxylic acids is 1. The van der Waals surface area contributed by atoms with Crippen LogP contribution in [-0.4, -0.2) is 56.8 Å². The smallest absolute Gasteiger partial charge is 0.318 e. The van der Waals surface area contributed by atoms with Crippen molar-refractivity contribution in [2.75, 3.05) is 24.7 Å². The highest BCUT2D eigenvalue weighted by atomic mass is 35.5. The Balaban J connectivity index is 0.000000749. The maximum absolute atomic E-state index is 12.5. The molecule has 1 saturated carbocycles. The molecular formula is C20H30ClN3O4S. The van der Waals surface area contributed by atoms with E-state index in [1.54, 1.807) is 19.3 Å². The Morgan fingerprint density at radius 1 is 1.24 bits per heavy atom. The first-order valence-electron chi connectivity index (χ1n) is 9.75. The third kappa shape index (κ3) is 12.4. The lowest BCUT2D eigenvalue weighted by molar-refractivity contribution is -0.134. The number of hydrogen-bond acceptors (Lipinski definition) is 5. The van der Waals surface area contributed by atoms with Crippen molar-refractivity contribution in [3.63, 3.8) is 0 Å². The van der Waals surface area contributed by atoms with Crippen LogP contribution in [0.1, 0.15) is 44.6 Å². The number of hydrogen-bond donors (Lipinski definition) is 2. The number of rotatable bonds is 9. The lowest BCUT2D eigenvalue weighted by Crippen LogP contribution is -2.42. The molecule has 0 radical (unpaired) electrons. The van der Waals surface area contributed by atoms with Gasteiger partial charge in [0, 0.05) is 44.7 Å². The number of carbonyl (C=O) groups is 3. The molecule has 1 fully saturated rings. The molecule has 162 valence electrons. The number of urea groups is 1. The van der Waals surface area contributed by atoms with E-state index < -0.39 is 5.97 Å². The van der Waals surface area contributed by atoms with E-state index in [1.165, 1.54) is 37.4 Å². The first-order valence-corrected chi connectivity index (χ1v) is 11.3. The zero-order valence-electron chi connectivity index (χ0n) is 16.8. The fraction of sp³-hybridized carbons (Fsp3) is 0.600. The predicted molar refractivity (Wildman–Crippen MR) is 116 cm³/mol. The molecule has 2 rings (SSSR count). The zero-order valence-corrected chi connectivity index (χ0v) is 18.4. The summed E-state index contributed by atoms with van der Waals surface area (Å²) >= 11 is 6.02. The van der Waals surface area contributed by atoms with E-state index in [2.05, 4.69) is 10.3 Å². The molecule has 0 spiro atoms. The molecule has 2 amide bonds. The summed E-state index contributed by atoms with van der Waals surface area (Å²) in [5.41, 5.74) is 1.03. The minimum absolute atomic E-state index is 0.0473. The van der Waals surface area contributed by atoms with Crippen molar-refractivity contribution in [1.29, 1.82) is 0 Å². The van der Waals surface area contributed by atoms with Crippen LogP contribution in [0.15, 0.2) is 24.5 Å². The van der Waals surface area contributed by atoms with Crippen LogP contribution in [-0.2, 0) is 16.1 Å². The summed E-state index contributed by atoms with van der Waals surface area (Å²) in [6, 6.07) is 3.75. The van der Waals surface area contributed by atoms with Gasteiger partial charge in [0.25, 0.3) is 0 Å². The van der Waals surface area contributed by atoms with Crippen LogP contribution in [0.2, 0.25) is 0 Å². The Morgan fingerprint density at radius 3 is 2.41 bits per heavy atom. The third-order valence-electron chi connectivity index (χ3n) is 4.54. The molecule has 0 aliphatic heterocycles. The summed E-state index contributed by atoms with van der Waals surface area (Å²) in [5, 5.41) is 10.7. The highest BCUT2D eigenvalue weighted by Crippen LogP contribution is 2.27. The molecule has 0 aromatic carbocycles. The Hall–Kier alpha value is -1.80. The summed E-state index contributed by atoms with van der Waals surface area (Å²) in [7, 11) is 0. The summed E-state index contributed by atoms with van der Waals surface area (Å²) in [4.78, 5) is 38.7. The van der Waals surface area contributed by atoms with Gasteiger partial charge < -0.3 is 15.3 Å². The molecule has 29 heavy (non-hydrogen) atoms. The van der Waals surface area contributed by atoms with Gasteiger partial charge in [-0.05, 0) is 30.0 Å². The molecule has 1 aromatic heterocycles. The van der Waals surface area contributed by atoms with Crippen LogP contribution in [0.3, 0.4) is 0 Å². The van der Waals surface area contributed by atoms with E-state index >= 15 is 0 Å². The predicted octanol–water partition coefficient (Wildman–Crippen LogP) is 3.76. The number of aromatic nitrogens is 1. The zero-order chi connectivity index (χ0) is 21.5. The van der Waals surface area contributed by atoms with E-state index in [9.17, 15) is 14.4 Å². The first-order chi connectivity index (χ1) is 13.9. The molecule has 2 N–H and O–H groups in total. The number of thioether (sulfide) groups is 1. The van der Waals surface area contributed by atoms with Crippen molar-refractivity contribution in [2.24, 2.45) is 5.92 Å². The lowest BCUT2D eigenvalue weighted by atomic mass is 10.0. The molecule has 1 aromatic rings. The molecule has 0 atom stereocenters. The number of amides is 2. The number of carboxylic acid groups (broad SMARTS) is 1. The van der Waals surface area contributed by atoms with Crippen LogP contribution in [0.4, 0.5) is 4.79 Å². The summed E-state index contributed by atoms with van der Waals surface area (Å²) < 4.78 is 0. The summed E-state index contributed by atoms with van der Waals surface area (Å²) in [6.07, 6.45) is 9.72. The van der Waals surface area contributed by atoms with E-state index in [0.29, 0.717) is 18.8 Å². The van der Waals surface area contributed by atoms with Gasteiger partial charge in [-0.25, -0.2) is 4.79 Å². The quantitative estimate of drug-likeness (QED) is 0.563. The largest absolute Gasteiger partial charge is 0.480 e. The third-order valence-corrected chi connectivity index (χ3v) is 5.57. The van der Waals surface area contributed by atoms with Crippen molar-refractivity contribution < 1.29 is 19.5 Å². The molecule has 0 bridgehead atoms. The van der Waals surface area contributed by atoms with Crippen LogP contribution in [0.25, 0.3) is 0 Å². The van der Waals surface area contributed by atoms with Gasteiger partial charge in [0.2, 0.25) is 0 Å². The minimum atomic E-state index is -0.980. The maximum Gasteiger partial charge on any atom is 0.318 e. The molecule has 1 heterocycles. The molecule has 1 aliphatic carbocycles. The van der Waals surface area contributed by atoms with Crippen LogP contribution in [0.5, 0.6) is 0 Å². The molecule has 0 saturated heterocycles. The topological polar surface area (TPSA) is 99.6 Å². The Morgan fingerprint density at radius 2 is 1.86 bits per heavy atom. The van der Waals surface area contributed by atoms with Gasteiger partial charge in [0.1, 0.15) is 5.88 Å². The van der Waals surface area contributed by atoms with Gasteiger partial charge in [-0.2, -0.15) is 0 Å². The number of nitrogens with one attached hydrogen (secondary N) is 1. The number of halogens is 1. The number of pyridine rings is 1. The van der Waals surface area contributed by atoms with E-state index in [1.807, 2.05) is 17.0 Å². The van der Waals surface area contributed by atoms with Gasteiger partial charge in [-0.1, -0.05) is 37.4 Å². The number of carbonyl (C=O) groups excluding carboxylic acids is 2. The maximum atomic E-state index is 12.5. The molecule has 9 heteroatoms. The Kier molecular flexibility index (Phi) is 13.1. The van der Waals surface area contributed by atoms with Crippen molar-refractivity contribution in [1.82, 2.24) is 15.2 Å². The first kappa shape index (κ1) is 25.2. The average molecular weight is 444 g/mol. The van der Waals surface area contributed by atoms with Crippen LogP contribution >= 0.6 is 23.4 Å². The number of alkyl halides is 1. The summed E-state index contributed by atoms with van der Waals surface area (Å²) in [5.74, 6) is 0.121. The van der Waals surface area contributed by atoms with E-state index in [0.717, 1.165) is 24.4 Å². The van der Waals surface area contributed by atoms with Crippen molar-refractivity contribution in [3.05, 3.63) is 30.1 Å². The van der Waals surface area contributed by atoms with E-state index in [-0.39, 0.29) is 17.0 Å². The van der Waals surface area contributed by atoms with Gasteiger partial charge in [-0.15, -0.1) is 11.6 Å². The van der Waals surface area contributed by atoms with Gasteiger partial charge >= 0.3 is 12.0 Å². The van der Waals surface area contributed by atoms with Gasteiger partial charge in [0.15, 0.2) is 5.12 Å². The second kappa shape index (κ2) is 15.1. The molecule has 1 aliphatic rings. The number of nitrogens with zero attached hydrogens (tertiary/aromatic N) is 2. The molecule has 0 unspecified atom stereocenters. The van der Waals surface area contributed by atoms with Gasteiger partial charge in [-0.3, -0.25) is 14.6 Å². The minimum Gasteiger partial charge on any atom is -0.480 e. The Labute approximate surface area is 181 Å². The van der Waals surface area contributed by atoms with Crippen molar-refractivity contribution in [2.45, 2.75) is 45.6 Å². The van der Waals surface area contributed by atoms with E-state index in [4.69, 9.17) is 16.7 Å². The van der Waals surface area contributed by atoms with Crippen LogP contribution < -0.4 is 5.32 Å². The SMILES string of the molecule is CC(=O)SCCN(CCC1CCCC1)C(=O)NCc1ccncc1.O=C(O)CCl. The highest BCUT2D eigenvalue weighted by molar-refractivity contribution is 8.13. The van der Waals surface area contributed by atoms with Gasteiger partial charge in [0.05, 0.1) is 0 Å². The highest BCUT2D eigenvalue weighted by Gasteiger charge is 2.19. The fourth-order valence-corrected chi connectivity index (χ4v) is 3.64. The van der Waals surface area contributed by atoms with Crippen molar-refractivity contribution in [3.8, 4) is 0 Å². The molecular weight excluding hydrogens is 414 g/mol. The fourth-order valence-electron chi connectivity index (χ4n) is 3.04. The average Bonchev–Trinajstić information content (AvgIpc) is 3.23. The second-order valence-corrected chi connectivity index (χ2v) is 8.35. The lowest BCUT2D eigenvalue weighted by Gasteiger charge is -2.24. The summed E-state index contributed by atoms with van der Waals surface area (Å²) in [6.45, 7) is 3.45. The number of carboxylic acids is 1. The monoisotopic (exact) mass is 443 g/mol. The second-order valence-electron chi connectivity index (χ2n) is 6.81. The standard InChI is InChI=1S/C18H27N3O2S.C2H3ClO2/c1-15(22)24-13-12-21(11-8-16-4-2-3-5-16)18(23)20-14-17-6-9-19-10-7-17;3-1-2(4)5/h6-7,9-10,16H,2-5,8,11-14H2,1H3,(H,20,23);1H2,(H,4,5). The van der Waals surface area contributed by atoms with Crippen LogP contribution in [0, 0.1) is 5.92 Å². The molecule has 7 nitrogen and oxygen atoms in total.